The Morgan fingerprint density at radius 2 is 1.65 bits per heavy atom. The summed E-state index contributed by atoms with van der Waals surface area (Å²) in [5.74, 6) is 0.185. The van der Waals surface area contributed by atoms with Crippen LogP contribution < -0.4 is 0 Å². The minimum Gasteiger partial charge on any atom is -0.333 e. The number of amides is 1. The van der Waals surface area contributed by atoms with Crippen molar-refractivity contribution in [3.63, 3.8) is 0 Å². The number of hydrogen-bond acceptors (Lipinski definition) is 1. The largest absolute Gasteiger partial charge is 0.333 e. The smallest absolute Gasteiger partial charge is 0.254 e. The molecule has 1 fully saturated rings. The predicted molar refractivity (Wildman–Crippen MR) is 70.1 cm³/mol. The number of rotatable bonds is 1. The first-order valence-corrected chi connectivity index (χ1v) is 6.49. The van der Waals surface area contributed by atoms with Gasteiger partial charge in [0.15, 0.2) is 0 Å². The number of likely N-dealkylation sites (tertiary alicyclic amines) is 1. The number of nitrogens with zero attached hydrogens (tertiary/aromatic N) is 1. The second-order valence-corrected chi connectivity index (χ2v) is 5.21. The number of hydrogen-bond donors (Lipinski definition) is 0. The van der Waals surface area contributed by atoms with Gasteiger partial charge in [-0.15, -0.1) is 0 Å². The van der Waals surface area contributed by atoms with Crippen molar-refractivity contribution in [1.82, 2.24) is 4.90 Å². The van der Waals surface area contributed by atoms with Crippen LogP contribution in [0.2, 0.25) is 0 Å². The van der Waals surface area contributed by atoms with Gasteiger partial charge in [-0.2, -0.15) is 0 Å². The highest BCUT2D eigenvalue weighted by Crippen LogP contribution is 2.24. The van der Waals surface area contributed by atoms with E-state index < -0.39 is 0 Å². The third-order valence-electron chi connectivity index (χ3n) is 3.73. The standard InChI is InChI=1S/C15H21NO/c1-11-7-9-14(10-8-11)15(17)16-12(2)5-4-6-13(16)3/h7-10,12-13H,4-6H2,1-3H3/t12-,13+. The van der Waals surface area contributed by atoms with E-state index in [1.165, 1.54) is 12.0 Å². The quantitative estimate of drug-likeness (QED) is 0.725. The molecule has 0 spiro atoms. The van der Waals surface area contributed by atoms with Crippen molar-refractivity contribution in [2.24, 2.45) is 0 Å². The second-order valence-electron chi connectivity index (χ2n) is 5.21. The Bertz CT molecular complexity index is 386. The van der Waals surface area contributed by atoms with E-state index in [-0.39, 0.29) is 5.91 Å². The van der Waals surface area contributed by atoms with Crippen molar-refractivity contribution < 1.29 is 4.79 Å². The number of aryl methyl sites for hydroxylation is 1. The van der Waals surface area contributed by atoms with E-state index in [0.717, 1.165) is 18.4 Å². The van der Waals surface area contributed by atoms with E-state index >= 15 is 0 Å². The molecule has 1 aliphatic heterocycles. The zero-order valence-electron chi connectivity index (χ0n) is 10.9. The molecule has 1 amide bonds. The van der Waals surface area contributed by atoms with E-state index in [9.17, 15) is 4.79 Å². The van der Waals surface area contributed by atoms with Gasteiger partial charge in [0.2, 0.25) is 0 Å². The number of carbonyl (C=O) groups is 1. The van der Waals surface area contributed by atoms with Crippen LogP contribution in [-0.4, -0.2) is 22.9 Å². The number of carbonyl (C=O) groups excluding carboxylic acids is 1. The van der Waals surface area contributed by atoms with Crippen molar-refractivity contribution >= 4 is 5.91 Å². The molecule has 0 radical (unpaired) electrons. The molecular formula is C15H21NO. The van der Waals surface area contributed by atoms with Crippen LogP contribution >= 0.6 is 0 Å². The Morgan fingerprint density at radius 1 is 1.12 bits per heavy atom. The van der Waals surface area contributed by atoms with Crippen LogP contribution in [0.1, 0.15) is 49.0 Å². The van der Waals surface area contributed by atoms with Gasteiger partial charge in [-0.25, -0.2) is 0 Å². The summed E-state index contributed by atoms with van der Waals surface area (Å²) >= 11 is 0. The van der Waals surface area contributed by atoms with Gasteiger partial charge >= 0.3 is 0 Å². The molecule has 2 atom stereocenters. The van der Waals surface area contributed by atoms with Crippen LogP contribution in [0.25, 0.3) is 0 Å². The average Bonchev–Trinajstić information content (AvgIpc) is 2.29. The van der Waals surface area contributed by atoms with Crippen molar-refractivity contribution in [2.75, 3.05) is 0 Å². The molecule has 0 N–H and O–H groups in total. The zero-order valence-corrected chi connectivity index (χ0v) is 10.9. The van der Waals surface area contributed by atoms with E-state index in [1.807, 2.05) is 36.1 Å². The summed E-state index contributed by atoms with van der Waals surface area (Å²) in [6.45, 7) is 6.35. The molecule has 0 aliphatic carbocycles. The Kier molecular flexibility index (Phi) is 3.51. The van der Waals surface area contributed by atoms with Gasteiger partial charge in [0.05, 0.1) is 0 Å². The summed E-state index contributed by atoms with van der Waals surface area (Å²) in [6.07, 6.45) is 3.49. The maximum absolute atomic E-state index is 12.5. The molecule has 0 unspecified atom stereocenters. The highest BCUT2D eigenvalue weighted by molar-refractivity contribution is 5.94. The average molecular weight is 231 g/mol. The molecule has 2 nitrogen and oxygen atoms in total. The fourth-order valence-corrected chi connectivity index (χ4v) is 2.67. The maximum Gasteiger partial charge on any atom is 0.254 e. The van der Waals surface area contributed by atoms with Gasteiger partial charge in [0.1, 0.15) is 0 Å². The summed E-state index contributed by atoms with van der Waals surface area (Å²) in [5.41, 5.74) is 2.01. The molecule has 0 aromatic heterocycles. The predicted octanol–water partition coefficient (Wildman–Crippen LogP) is 3.40. The van der Waals surface area contributed by atoms with Crippen LogP contribution in [0.4, 0.5) is 0 Å². The third kappa shape index (κ3) is 2.51. The lowest BCUT2D eigenvalue weighted by atomic mass is 9.96. The Hall–Kier alpha value is -1.31. The minimum atomic E-state index is 0.185. The zero-order chi connectivity index (χ0) is 12.4. The lowest BCUT2D eigenvalue weighted by molar-refractivity contribution is 0.0511. The van der Waals surface area contributed by atoms with Crippen LogP contribution in [0.3, 0.4) is 0 Å². The number of benzene rings is 1. The third-order valence-corrected chi connectivity index (χ3v) is 3.73. The van der Waals surface area contributed by atoms with E-state index in [0.29, 0.717) is 12.1 Å². The molecule has 2 rings (SSSR count). The molecule has 1 saturated heterocycles. The van der Waals surface area contributed by atoms with Crippen molar-refractivity contribution in [3.05, 3.63) is 35.4 Å². The van der Waals surface area contributed by atoms with Gasteiger partial charge in [-0.3, -0.25) is 4.79 Å². The highest BCUT2D eigenvalue weighted by Gasteiger charge is 2.29. The van der Waals surface area contributed by atoms with Crippen LogP contribution in [-0.2, 0) is 0 Å². The first-order valence-electron chi connectivity index (χ1n) is 6.49. The van der Waals surface area contributed by atoms with Crippen LogP contribution in [0, 0.1) is 6.92 Å². The molecule has 92 valence electrons. The molecule has 1 heterocycles. The lowest BCUT2D eigenvalue weighted by Crippen LogP contribution is -2.47. The Labute approximate surface area is 104 Å². The molecule has 1 aliphatic rings. The molecule has 0 saturated carbocycles. The topological polar surface area (TPSA) is 20.3 Å². The monoisotopic (exact) mass is 231 g/mol. The van der Waals surface area contributed by atoms with Gasteiger partial charge < -0.3 is 4.90 Å². The molecule has 2 heteroatoms. The van der Waals surface area contributed by atoms with Gasteiger partial charge in [-0.1, -0.05) is 17.7 Å². The first kappa shape index (κ1) is 12.2. The van der Waals surface area contributed by atoms with E-state index in [1.54, 1.807) is 0 Å². The molecule has 1 aromatic carbocycles. The van der Waals surface area contributed by atoms with Gasteiger partial charge in [0, 0.05) is 17.6 Å². The molecule has 0 bridgehead atoms. The van der Waals surface area contributed by atoms with E-state index in [2.05, 4.69) is 13.8 Å². The molecule has 17 heavy (non-hydrogen) atoms. The van der Waals surface area contributed by atoms with Crippen molar-refractivity contribution in [3.8, 4) is 0 Å². The summed E-state index contributed by atoms with van der Waals surface area (Å²) in [4.78, 5) is 14.5. The summed E-state index contributed by atoms with van der Waals surface area (Å²) in [5, 5.41) is 0. The Balaban J connectivity index is 2.20. The summed E-state index contributed by atoms with van der Waals surface area (Å²) in [7, 11) is 0. The molecular weight excluding hydrogens is 210 g/mol. The highest BCUT2D eigenvalue weighted by atomic mass is 16.2. The van der Waals surface area contributed by atoms with Crippen molar-refractivity contribution in [1.29, 1.82) is 0 Å². The summed E-state index contributed by atoms with van der Waals surface area (Å²) in [6, 6.07) is 8.62. The number of piperidine rings is 1. The van der Waals surface area contributed by atoms with Crippen LogP contribution in [0.5, 0.6) is 0 Å². The molecule has 1 aromatic rings. The lowest BCUT2D eigenvalue weighted by Gasteiger charge is -2.39. The minimum absolute atomic E-state index is 0.185. The van der Waals surface area contributed by atoms with Gasteiger partial charge in [-0.05, 0) is 52.2 Å². The first-order chi connectivity index (χ1) is 8.09. The normalized spacial score (nSPS) is 24.8. The van der Waals surface area contributed by atoms with Gasteiger partial charge in [0.25, 0.3) is 5.91 Å². The maximum atomic E-state index is 12.5. The van der Waals surface area contributed by atoms with Crippen LogP contribution in [0.15, 0.2) is 24.3 Å². The SMILES string of the molecule is Cc1ccc(C(=O)N2[C@H](C)CCC[C@@H]2C)cc1. The van der Waals surface area contributed by atoms with E-state index in [4.69, 9.17) is 0 Å². The fraction of sp³-hybridized carbons (Fsp3) is 0.533. The second kappa shape index (κ2) is 4.91. The van der Waals surface area contributed by atoms with Crippen molar-refractivity contribution in [2.45, 2.75) is 52.1 Å². The fourth-order valence-electron chi connectivity index (χ4n) is 2.67. The Morgan fingerprint density at radius 3 is 2.18 bits per heavy atom. The summed E-state index contributed by atoms with van der Waals surface area (Å²) < 4.78 is 0.